The molecule has 0 aliphatic heterocycles. The minimum atomic E-state index is -0.205. The molecule has 0 aliphatic carbocycles. The molecular formula is C43H52BF. The molecule has 0 saturated heterocycles. The summed E-state index contributed by atoms with van der Waals surface area (Å²) in [5.74, 6) is -0.205. The molecule has 0 unspecified atom stereocenters. The Bertz CT molecular complexity index is 1780. The fourth-order valence-corrected chi connectivity index (χ4v) is 8.21. The summed E-state index contributed by atoms with van der Waals surface area (Å²) in [5, 5.41) is 0. The summed E-state index contributed by atoms with van der Waals surface area (Å²) in [6, 6.07) is 6.99. The van der Waals surface area contributed by atoms with Crippen LogP contribution in [-0.4, -0.2) is 6.71 Å². The lowest BCUT2D eigenvalue weighted by Gasteiger charge is -2.33. The van der Waals surface area contributed by atoms with Crippen LogP contribution in [0.15, 0.2) is 43.0 Å². The maximum absolute atomic E-state index is 14.0. The second-order valence-electron chi connectivity index (χ2n) is 13.2. The van der Waals surface area contributed by atoms with Gasteiger partial charge in [0.05, 0.1) is 0 Å². The monoisotopic (exact) mass is 598 g/mol. The van der Waals surface area contributed by atoms with E-state index in [4.69, 9.17) is 0 Å². The molecule has 0 amide bonds. The van der Waals surface area contributed by atoms with Gasteiger partial charge in [-0.15, -0.1) is 0 Å². The van der Waals surface area contributed by atoms with Crippen LogP contribution in [0.5, 0.6) is 0 Å². The van der Waals surface area contributed by atoms with Crippen molar-refractivity contribution in [1.29, 1.82) is 0 Å². The van der Waals surface area contributed by atoms with Crippen LogP contribution in [0, 0.1) is 88.9 Å². The highest BCUT2D eigenvalue weighted by atomic mass is 19.1. The third-order valence-electron chi connectivity index (χ3n) is 11.4. The largest absolute Gasteiger partial charge is 0.243 e. The van der Waals surface area contributed by atoms with Crippen molar-refractivity contribution < 1.29 is 4.39 Å². The molecule has 2 heteroatoms. The first-order valence-electron chi connectivity index (χ1n) is 16.5. The number of benzene rings is 4. The average molecular weight is 599 g/mol. The van der Waals surface area contributed by atoms with Crippen LogP contribution in [0.4, 0.5) is 4.39 Å². The van der Waals surface area contributed by atoms with Gasteiger partial charge in [0, 0.05) is 0 Å². The number of hydrogen-bond acceptors (Lipinski definition) is 0. The van der Waals surface area contributed by atoms with Crippen molar-refractivity contribution in [3.8, 4) is 11.1 Å². The molecule has 4 rings (SSSR count). The van der Waals surface area contributed by atoms with E-state index in [1.54, 1.807) is 12.1 Å². The van der Waals surface area contributed by atoms with Crippen molar-refractivity contribution in [2.75, 3.05) is 0 Å². The minimum Gasteiger partial charge on any atom is -0.207 e. The molecular weight excluding hydrogens is 546 g/mol. The van der Waals surface area contributed by atoms with E-state index < -0.39 is 0 Å². The van der Waals surface area contributed by atoms with Gasteiger partial charge < -0.3 is 0 Å². The molecule has 0 aromatic heterocycles. The van der Waals surface area contributed by atoms with Crippen molar-refractivity contribution >= 4 is 28.7 Å². The summed E-state index contributed by atoms with van der Waals surface area (Å²) in [6.07, 6.45) is 5.20. The third kappa shape index (κ3) is 5.45. The molecule has 0 nitrogen and oxygen atoms in total. The second kappa shape index (κ2) is 13.0. The van der Waals surface area contributed by atoms with Crippen molar-refractivity contribution in [3.63, 3.8) is 0 Å². The molecule has 45 heavy (non-hydrogen) atoms. The first-order valence-corrected chi connectivity index (χ1v) is 16.5. The molecule has 4 aromatic rings. The molecule has 0 spiro atoms. The molecule has 0 bridgehead atoms. The zero-order valence-electron chi connectivity index (χ0n) is 30.3. The highest BCUT2D eigenvalue weighted by Crippen LogP contribution is 2.33. The minimum absolute atomic E-state index is 0.0669. The molecule has 234 valence electrons. The molecule has 0 N–H and O–H groups in total. The molecule has 0 fully saturated rings. The maximum Gasteiger partial charge on any atom is 0.243 e. The van der Waals surface area contributed by atoms with Gasteiger partial charge in [-0.05, 0) is 170 Å². The first kappa shape index (κ1) is 34.2. The highest BCUT2D eigenvalue weighted by Gasteiger charge is 2.35. The predicted molar refractivity (Wildman–Crippen MR) is 199 cm³/mol. The summed E-state index contributed by atoms with van der Waals surface area (Å²) >= 11 is 0. The summed E-state index contributed by atoms with van der Waals surface area (Å²) in [5.41, 5.74) is 26.6. The van der Waals surface area contributed by atoms with Gasteiger partial charge in [0.25, 0.3) is 0 Å². The van der Waals surface area contributed by atoms with E-state index in [9.17, 15) is 4.39 Å². The van der Waals surface area contributed by atoms with E-state index in [0.29, 0.717) is 0 Å². The lowest BCUT2D eigenvalue weighted by atomic mass is 9.32. The van der Waals surface area contributed by atoms with Gasteiger partial charge in [-0.1, -0.05) is 87.6 Å². The molecule has 0 radical (unpaired) electrons. The normalized spacial score (nSPS) is 11.8. The van der Waals surface area contributed by atoms with Crippen LogP contribution in [0.25, 0.3) is 16.7 Å². The Morgan fingerprint density at radius 3 is 1.33 bits per heavy atom. The maximum atomic E-state index is 14.0. The van der Waals surface area contributed by atoms with Gasteiger partial charge in [0.2, 0.25) is 6.71 Å². The summed E-state index contributed by atoms with van der Waals surface area (Å²) in [4.78, 5) is 0. The molecule has 0 saturated carbocycles. The van der Waals surface area contributed by atoms with Gasteiger partial charge in [-0.3, -0.25) is 0 Å². The standard InChI is InChI=1S/C43H52BF/c1-16-35(17-2)39-25(6)31(12)42(32(13)26(39)7)44(41-29(10)23(4)38(18-3)24(5)30(41)11)43-33(14)27(8)40(28(9)34(43)15)36-19-21-37(45)22-20-36/h16-17,19-22H,1,18H2,2-15H3/b35-17+. The molecule has 0 atom stereocenters. The quantitative estimate of drug-likeness (QED) is 0.147. The van der Waals surface area contributed by atoms with Gasteiger partial charge in [-0.2, -0.15) is 0 Å². The zero-order valence-corrected chi connectivity index (χ0v) is 30.3. The molecule has 0 heterocycles. The Hall–Kier alpha value is -3.65. The van der Waals surface area contributed by atoms with E-state index in [-0.39, 0.29) is 12.5 Å². The van der Waals surface area contributed by atoms with Crippen LogP contribution in [0.3, 0.4) is 0 Å². The van der Waals surface area contributed by atoms with Crippen molar-refractivity contribution in [1.82, 2.24) is 0 Å². The Labute approximate surface area is 273 Å². The van der Waals surface area contributed by atoms with Crippen LogP contribution in [-0.2, 0) is 6.42 Å². The number of halogens is 1. The van der Waals surface area contributed by atoms with Crippen LogP contribution < -0.4 is 16.4 Å². The van der Waals surface area contributed by atoms with Gasteiger partial charge in [-0.25, -0.2) is 4.39 Å². The van der Waals surface area contributed by atoms with E-state index in [1.165, 1.54) is 105 Å². The van der Waals surface area contributed by atoms with E-state index in [0.717, 1.165) is 12.0 Å². The molecule has 0 aliphatic rings. The lowest BCUT2D eigenvalue weighted by molar-refractivity contribution is 0.628. The first-order chi connectivity index (χ1) is 21.2. The smallest absolute Gasteiger partial charge is 0.207 e. The van der Waals surface area contributed by atoms with Gasteiger partial charge in [0.15, 0.2) is 0 Å². The van der Waals surface area contributed by atoms with Crippen molar-refractivity contribution in [2.24, 2.45) is 0 Å². The summed E-state index contributed by atoms with van der Waals surface area (Å²) in [7, 11) is 0. The second-order valence-corrected chi connectivity index (χ2v) is 13.2. The molecule has 4 aromatic carbocycles. The number of allylic oxidation sites excluding steroid dienone is 3. The van der Waals surface area contributed by atoms with Crippen LogP contribution in [0.2, 0.25) is 0 Å². The predicted octanol–water partition coefficient (Wildman–Crippen LogP) is 9.86. The van der Waals surface area contributed by atoms with E-state index >= 15 is 0 Å². The Morgan fingerprint density at radius 2 is 0.978 bits per heavy atom. The van der Waals surface area contributed by atoms with E-state index in [2.05, 4.69) is 110 Å². The highest BCUT2D eigenvalue weighted by molar-refractivity contribution is 6.97. The van der Waals surface area contributed by atoms with Crippen molar-refractivity contribution in [3.05, 3.63) is 127 Å². The Balaban J connectivity index is 2.26. The van der Waals surface area contributed by atoms with Gasteiger partial charge >= 0.3 is 0 Å². The lowest BCUT2D eigenvalue weighted by Crippen LogP contribution is -2.58. The van der Waals surface area contributed by atoms with Crippen LogP contribution >= 0.6 is 0 Å². The van der Waals surface area contributed by atoms with Gasteiger partial charge in [0.1, 0.15) is 5.82 Å². The Kier molecular flexibility index (Phi) is 9.88. The topological polar surface area (TPSA) is 0 Å². The average Bonchev–Trinajstić information content (AvgIpc) is 3.01. The zero-order chi connectivity index (χ0) is 33.7. The van der Waals surface area contributed by atoms with E-state index in [1.807, 2.05) is 18.2 Å². The number of rotatable bonds is 7. The fraction of sp³-hybridized carbons (Fsp3) is 0.349. The van der Waals surface area contributed by atoms with Crippen LogP contribution in [0.1, 0.15) is 91.7 Å². The summed E-state index contributed by atoms with van der Waals surface area (Å²) in [6.45, 7) is 36.2. The fourth-order valence-electron chi connectivity index (χ4n) is 8.21. The third-order valence-corrected chi connectivity index (χ3v) is 11.4. The SMILES string of the molecule is C=C/C(=C\C)c1c(C)c(C)c(B(c2c(C)c(C)c(CC)c(C)c2C)c2c(C)c(C)c(-c3ccc(F)cc3)c(C)c2C)c(C)c1C. The van der Waals surface area contributed by atoms with Crippen molar-refractivity contribution in [2.45, 2.75) is 103 Å². The summed E-state index contributed by atoms with van der Waals surface area (Å²) < 4.78 is 14.0. The Morgan fingerprint density at radius 1 is 0.600 bits per heavy atom. The number of hydrogen-bond donors (Lipinski definition) is 0.